The number of methoxy groups -OCH3 is 1. The first-order chi connectivity index (χ1) is 11.9. The van der Waals surface area contributed by atoms with Crippen LogP contribution in [0.5, 0.6) is 0 Å². The largest absolute Gasteiger partial charge is 0.381 e. The minimum absolute atomic E-state index is 0.119. The van der Waals surface area contributed by atoms with Crippen molar-refractivity contribution in [3.8, 4) is 0 Å². The number of primary amides is 1. The summed E-state index contributed by atoms with van der Waals surface area (Å²) >= 11 is 0. The van der Waals surface area contributed by atoms with Gasteiger partial charge in [0.25, 0.3) is 5.91 Å². The zero-order valence-corrected chi connectivity index (χ0v) is 15.3. The highest BCUT2D eigenvalue weighted by Gasteiger charge is 2.38. The Morgan fingerprint density at radius 3 is 2.48 bits per heavy atom. The fraction of sp³-hybridized carbons (Fsp3) is 0.722. The van der Waals surface area contributed by atoms with Crippen LogP contribution in [-0.4, -0.2) is 40.7 Å². The molecule has 1 aromatic rings. The molecule has 1 heterocycles. The summed E-state index contributed by atoms with van der Waals surface area (Å²) in [6.45, 7) is 4.27. The number of hydrogen-bond donors (Lipinski definition) is 3. The summed E-state index contributed by atoms with van der Waals surface area (Å²) in [6, 6.07) is 0.329. The number of aromatic nitrogens is 2. The molecule has 25 heavy (non-hydrogen) atoms. The molecule has 0 unspecified atom stereocenters. The van der Waals surface area contributed by atoms with E-state index in [0.29, 0.717) is 35.4 Å². The minimum Gasteiger partial charge on any atom is -0.381 e. The summed E-state index contributed by atoms with van der Waals surface area (Å²) in [5, 5.41) is 6.80. The molecular weight excluding hydrogens is 318 g/mol. The van der Waals surface area contributed by atoms with Crippen LogP contribution in [0.25, 0.3) is 0 Å². The van der Waals surface area contributed by atoms with Crippen LogP contribution in [0.4, 0.5) is 11.8 Å². The number of nitrogens with one attached hydrogen (secondary N) is 2. The van der Waals surface area contributed by atoms with Crippen LogP contribution in [0.3, 0.4) is 0 Å². The second kappa shape index (κ2) is 7.15. The van der Waals surface area contributed by atoms with Crippen molar-refractivity contribution in [3.05, 3.63) is 11.8 Å². The number of nitrogens with two attached hydrogens (primary N) is 1. The van der Waals surface area contributed by atoms with E-state index in [0.717, 1.165) is 25.7 Å². The summed E-state index contributed by atoms with van der Waals surface area (Å²) in [5.74, 6) is 1.15. The summed E-state index contributed by atoms with van der Waals surface area (Å²) in [5.41, 5.74) is 5.71. The molecule has 3 rings (SSSR count). The lowest BCUT2D eigenvalue weighted by molar-refractivity contribution is 0.0681. The SMILES string of the molecule is COC1CCC(Nc2ncc(C(N)=O)c(NC(C)(C)C3CC3)n2)CC1. The normalized spacial score (nSPS) is 24.0. The molecule has 2 aliphatic carbocycles. The molecule has 0 aromatic carbocycles. The third-order valence-corrected chi connectivity index (χ3v) is 5.43. The van der Waals surface area contributed by atoms with Gasteiger partial charge >= 0.3 is 0 Å². The van der Waals surface area contributed by atoms with Crippen molar-refractivity contribution < 1.29 is 9.53 Å². The smallest absolute Gasteiger partial charge is 0.254 e. The maximum absolute atomic E-state index is 11.7. The number of carbonyl (C=O) groups is 1. The van der Waals surface area contributed by atoms with Crippen molar-refractivity contribution in [2.24, 2.45) is 11.7 Å². The minimum atomic E-state index is -0.513. The molecule has 7 nitrogen and oxygen atoms in total. The lowest BCUT2D eigenvalue weighted by Gasteiger charge is -2.29. The lowest BCUT2D eigenvalue weighted by Crippen LogP contribution is -2.35. The Bertz CT molecular complexity index is 622. The third kappa shape index (κ3) is 4.39. The van der Waals surface area contributed by atoms with Crippen LogP contribution in [0.1, 0.15) is 62.7 Å². The molecule has 138 valence electrons. The third-order valence-electron chi connectivity index (χ3n) is 5.43. The van der Waals surface area contributed by atoms with Gasteiger partial charge in [0.05, 0.1) is 11.7 Å². The van der Waals surface area contributed by atoms with E-state index in [9.17, 15) is 4.79 Å². The average molecular weight is 347 g/mol. The van der Waals surface area contributed by atoms with E-state index < -0.39 is 5.91 Å². The van der Waals surface area contributed by atoms with Gasteiger partial charge in [0, 0.05) is 24.9 Å². The molecule has 0 bridgehead atoms. The van der Waals surface area contributed by atoms with Gasteiger partial charge in [-0.2, -0.15) is 4.98 Å². The maximum atomic E-state index is 11.7. The molecule has 1 amide bonds. The quantitative estimate of drug-likeness (QED) is 0.700. The van der Waals surface area contributed by atoms with Crippen molar-refractivity contribution in [1.29, 1.82) is 0 Å². The number of anilines is 2. The molecular formula is C18H29N5O2. The van der Waals surface area contributed by atoms with Gasteiger partial charge in [-0.3, -0.25) is 4.79 Å². The highest BCUT2D eigenvalue weighted by molar-refractivity contribution is 5.97. The zero-order chi connectivity index (χ0) is 18.0. The molecule has 2 fully saturated rings. The Kier molecular flexibility index (Phi) is 5.13. The van der Waals surface area contributed by atoms with Crippen LogP contribution in [0, 0.1) is 5.92 Å². The van der Waals surface area contributed by atoms with Gasteiger partial charge in [0.15, 0.2) is 0 Å². The summed E-state index contributed by atoms with van der Waals surface area (Å²) in [7, 11) is 1.77. The van der Waals surface area contributed by atoms with E-state index in [1.165, 1.54) is 19.0 Å². The number of rotatable bonds is 7. The van der Waals surface area contributed by atoms with Gasteiger partial charge in [0.1, 0.15) is 5.82 Å². The molecule has 1 aromatic heterocycles. The first kappa shape index (κ1) is 17.9. The molecule has 0 saturated heterocycles. The van der Waals surface area contributed by atoms with Crippen LogP contribution in [0.2, 0.25) is 0 Å². The Hall–Kier alpha value is -1.89. The van der Waals surface area contributed by atoms with Crippen LogP contribution in [0.15, 0.2) is 6.20 Å². The van der Waals surface area contributed by atoms with Gasteiger partial charge in [-0.25, -0.2) is 4.98 Å². The average Bonchev–Trinajstić information content (AvgIpc) is 3.40. The van der Waals surface area contributed by atoms with Crippen LogP contribution < -0.4 is 16.4 Å². The summed E-state index contributed by atoms with van der Waals surface area (Å²) in [4.78, 5) is 20.6. The number of carbonyl (C=O) groups excluding carboxylic acids is 1. The highest BCUT2D eigenvalue weighted by atomic mass is 16.5. The topological polar surface area (TPSA) is 102 Å². The molecule has 2 saturated carbocycles. The Morgan fingerprint density at radius 2 is 1.92 bits per heavy atom. The fourth-order valence-electron chi connectivity index (χ4n) is 3.56. The van der Waals surface area contributed by atoms with Crippen molar-refractivity contribution in [2.75, 3.05) is 17.7 Å². The predicted molar refractivity (Wildman–Crippen MR) is 97.7 cm³/mol. The summed E-state index contributed by atoms with van der Waals surface area (Å²) in [6.07, 6.45) is 8.39. The number of ether oxygens (including phenoxy) is 1. The van der Waals surface area contributed by atoms with Gasteiger partial charge < -0.3 is 21.1 Å². The van der Waals surface area contributed by atoms with E-state index in [4.69, 9.17) is 10.5 Å². The molecule has 2 aliphatic rings. The molecule has 0 atom stereocenters. The van der Waals surface area contributed by atoms with Gasteiger partial charge in [0.2, 0.25) is 5.95 Å². The zero-order valence-electron chi connectivity index (χ0n) is 15.3. The molecule has 4 N–H and O–H groups in total. The highest BCUT2D eigenvalue weighted by Crippen LogP contribution is 2.41. The van der Waals surface area contributed by atoms with Crippen LogP contribution in [-0.2, 0) is 4.74 Å². The van der Waals surface area contributed by atoms with Crippen molar-refractivity contribution in [2.45, 2.75) is 70.1 Å². The van der Waals surface area contributed by atoms with Crippen molar-refractivity contribution in [3.63, 3.8) is 0 Å². The van der Waals surface area contributed by atoms with Gasteiger partial charge in [-0.05, 0) is 58.3 Å². The number of amides is 1. The molecule has 0 radical (unpaired) electrons. The van der Waals surface area contributed by atoms with Crippen molar-refractivity contribution >= 4 is 17.7 Å². The van der Waals surface area contributed by atoms with Gasteiger partial charge in [-0.15, -0.1) is 0 Å². The maximum Gasteiger partial charge on any atom is 0.254 e. The Morgan fingerprint density at radius 1 is 1.24 bits per heavy atom. The Balaban J connectivity index is 1.72. The van der Waals surface area contributed by atoms with E-state index in [-0.39, 0.29) is 5.54 Å². The van der Waals surface area contributed by atoms with Gasteiger partial charge in [-0.1, -0.05) is 0 Å². The monoisotopic (exact) mass is 347 g/mol. The first-order valence-electron chi connectivity index (χ1n) is 9.13. The fourth-order valence-corrected chi connectivity index (χ4v) is 3.56. The van der Waals surface area contributed by atoms with Crippen LogP contribution >= 0.6 is 0 Å². The van der Waals surface area contributed by atoms with E-state index in [1.54, 1.807) is 7.11 Å². The second-order valence-corrected chi connectivity index (χ2v) is 7.79. The Labute approximate surface area is 149 Å². The van der Waals surface area contributed by atoms with E-state index >= 15 is 0 Å². The van der Waals surface area contributed by atoms with Crippen molar-refractivity contribution in [1.82, 2.24) is 9.97 Å². The van der Waals surface area contributed by atoms with E-state index in [1.807, 2.05) is 0 Å². The second-order valence-electron chi connectivity index (χ2n) is 7.79. The molecule has 7 heteroatoms. The van der Waals surface area contributed by atoms with E-state index in [2.05, 4.69) is 34.4 Å². The molecule has 0 aliphatic heterocycles. The standard InChI is InChI=1S/C18H29N5O2/c1-18(2,11-4-5-11)23-16-14(15(19)24)10-20-17(22-16)21-12-6-8-13(25-3)9-7-12/h10-13H,4-9H2,1-3H3,(H2,19,24)(H2,20,21,22,23). The first-order valence-corrected chi connectivity index (χ1v) is 9.13. The molecule has 0 spiro atoms. The number of hydrogen-bond acceptors (Lipinski definition) is 6. The predicted octanol–water partition coefficient (Wildman–Crippen LogP) is 2.55. The summed E-state index contributed by atoms with van der Waals surface area (Å²) < 4.78 is 5.41. The number of nitrogens with zero attached hydrogens (tertiary/aromatic N) is 2. The lowest BCUT2D eigenvalue weighted by atomic mass is 9.93.